The van der Waals surface area contributed by atoms with Crippen LogP contribution in [0.15, 0.2) is 84.9 Å². The third-order valence-corrected chi connectivity index (χ3v) is 6.20. The third-order valence-electron chi connectivity index (χ3n) is 6.20. The van der Waals surface area contributed by atoms with E-state index in [4.69, 9.17) is 0 Å². The molecule has 6 heteroatoms. The van der Waals surface area contributed by atoms with Gasteiger partial charge in [0.05, 0.1) is 0 Å². The molecule has 0 aromatic heterocycles. The summed E-state index contributed by atoms with van der Waals surface area (Å²) in [5.41, 5.74) is 1.71. The summed E-state index contributed by atoms with van der Waals surface area (Å²) >= 11 is 0. The van der Waals surface area contributed by atoms with Crippen LogP contribution in [0.2, 0.25) is 0 Å². The lowest BCUT2D eigenvalue weighted by Crippen LogP contribution is -2.45. The number of rotatable bonds is 7. The second kappa shape index (κ2) is 9.28. The fraction of sp³-hybridized carbons (Fsp3) is 0.222. The number of imide groups is 1. The highest BCUT2D eigenvalue weighted by molar-refractivity contribution is 6.12. The van der Waals surface area contributed by atoms with Crippen molar-refractivity contribution in [2.45, 2.75) is 31.7 Å². The molecule has 33 heavy (non-hydrogen) atoms. The highest BCUT2D eigenvalue weighted by Crippen LogP contribution is 2.35. The van der Waals surface area contributed by atoms with Gasteiger partial charge in [0.15, 0.2) is 5.54 Å². The van der Waals surface area contributed by atoms with E-state index in [2.05, 4.69) is 24.5 Å². The summed E-state index contributed by atoms with van der Waals surface area (Å²) in [5, 5.41) is 5.64. The second-order valence-electron chi connectivity index (χ2n) is 8.28. The number of carbonyl (C=O) groups is 3. The molecule has 1 saturated heterocycles. The first-order chi connectivity index (χ1) is 16.0. The van der Waals surface area contributed by atoms with Gasteiger partial charge in [0.2, 0.25) is 5.91 Å². The van der Waals surface area contributed by atoms with Gasteiger partial charge < -0.3 is 10.6 Å². The van der Waals surface area contributed by atoms with E-state index in [1.54, 1.807) is 24.3 Å². The number of amides is 4. The Morgan fingerprint density at radius 1 is 0.909 bits per heavy atom. The van der Waals surface area contributed by atoms with Gasteiger partial charge in [-0.25, -0.2) is 4.79 Å². The van der Waals surface area contributed by atoms with Gasteiger partial charge in [-0.05, 0) is 41.2 Å². The molecule has 3 aromatic carbocycles. The molecule has 168 valence electrons. The molecule has 3 aromatic rings. The number of hydrogen-bond acceptors (Lipinski definition) is 3. The predicted molar refractivity (Wildman–Crippen MR) is 128 cm³/mol. The van der Waals surface area contributed by atoms with Gasteiger partial charge in [0.25, 0.3) is 5.91 Å². The van der Waals surface area contributed by atoms with E-state index in [0.29, 0.717) is 22.7 Å². The number of nitrogens with zero attached hydrogens (tertiary/aromatic N) is 1. The first-order valence-corrected chi connectivity index (χ1v) is 11.1. The van der Waals surface area contributed by atoms with Gasteiger partial charge in [0.1, 0.15) is 6.54 Å². The Morgan fingerprint density at radius 2 is 1.45 bits per heavy atom. The molecule has 1 aliphatic heterocycles. The molecular formula is C27H27N3O3. The maximum atomic E-state index is 13.6. The Balaban J connectivity index is 1.56. The van der Waals surface area contributed by atoms with Crippen molar-refractivity contribution >= 4 is 23.5 Å². The van der Waals surface area contributed by atoms with Crippen LogP contribution in [-0.4, -0.2) is 29.3 Å². The zero-order valence-corrected chi connectivity index (χ0v) is 18.7. The highest BCUT2D eigenvalue weighted by atomic mass is 16.2. The van der Waals surface area contributed by atoms with Crippen molar-refractivity contribution in [3.63, 3.8) is 0 Å². The first kappa shape index (κ1) is 22.3. The maximum absolute atomic E-state index is 13.6. The molecule has 1 heterocycles. The number of hydrogen-bond donors (Lipinski definition) is 2. The van der Waals surface area contributed by atoms with E-state index in [1.807, 2.05) is 60.7 Å². The van der Waals surface area contributed by atoms with E-state index < -0.39 is 23.4 Å². The van der Waals surface area contributed by atoms with Crippen molar-refractivity contribution in [1.82, 2.24) is 10.2 Å². The van der Waals surface area contributed by atoms with E-state index in [-0.39, 0.29) is 6.54 Å². The SMILES string of the molecule is CCC(C)c1ccc(NC(=O)CN2C(=O)NC(c3ccccc3)(c3ccccc3)C2=O)cc1. The largest absolute Gasteiger partial charge is 0.326 e. The molecule has 2 N–H and O–H groups in total. The molecule has 1 unspecified atom stereocenters. The molecule has 0 spiro atoms. The third kappa shape index (κ3) is 4.24. The quantitative estimate of drug-likeness (QED) is 0.525. The molecular weight excluding hydrogens is 414 g/mol. The highest BCUT2D eigenvalue weighted by Gasteiger charge is 2.54. The fourth-order valence-corrected chi connectivity index (χ4v) is 4.13. The zero-order valence-electron chi connectivity index (χ0n) is 18.7. The van der Waals surface area contributed by atoms with Crippen molar-refractivity contribution in [2.75, 3.05) is 11.9 Å². The molecule has 1 atom stereocenters. The molecule has 0 saturated carbocycles. The number of urea groups is 1. The fourth-order valence-electron chi connectivity index (χ4n) is 4.13. The van der Waals surface area contributed by atoms with Crippen molar-refractivity contribution in [3.8, 4) is 0 Å². The van der Waals surface area contributed by atoms with Crippen molar-refractivity contribution in [1.29, 1.82) is 0 Å². The second-order valence-corrected chi connectivity index (χ2v) is 8.28. The van der Waals surface area contributed by atoms with Crippen molar-refractivity contribution in [2.24, 2.45) is 0 Å². The Bertz CT molecular complexity index is 1100. The van der Waals surface area contributed by atoms with E-state index >= 15 is 0 Å². The Labute approximate surface area is 193 Å². The molecule has 4 rings (SSSR count). The lowest BCUT2D eigenvalue weighted by Gasteiger charge is -2.28. The van der Waals surface area contributed by atoms with Crippen LogP contribution in [0.1, 0.15) is 42.9 Å². The topological polar surface area (TPSA) is 78.5 Å². The van der Waals surface area contributed by atoms with Crippen LogP contribution in [0.5, 0.6) is 0 Å². The molecule has 0 bridgehead atoms. The van der Waals surface area contributed by atoms with Crippen LogP contribution >= 0.6 is 0 Å². The normalized spacial score (nSPS) is 15.8. The number of benzene rings is 3. The minimum atomic E-state index is -1.38. The number of carbonyl (C=O) groups excluding carboxylic acids is 3. The van der Waals surface area contributed by atoms with Gasteiger partial charge >= 0.3 is 6.03 Å². The standard InChI is InChI=1S/C27H27N3O3/c1-3-19(2)20-14-16-23(17-15-20)28-24(31)18-30-25(32)27(29-26(30)33,21-10-6-4-7-11-21)22-12-8-5-9-13-22/h4-17,19H,3,18H2,1-2H3,(H,28,31)(H,29,33). The Morgan fingerprint density at radius 3 is 1.97 bits per heavy atom. The maximum Gasteiger partial charge on any atom is 0.326 e. The van der Waals surface area contributed by atoms with Gasteiger partial charge in [-0.2, -0.15) is 0 Å². The lowest BCUT2D eigenvalue weighted by molar-refractivity contribution is -0.133. The monoisotopic (exact) mass is 441 g/mol. The summed E-state index contributed by atoms with van der Waals surface area (Å²) in [4.78, 5) is 40.3. The minimum Gasteiger partial charge on any atom is -0.325 e. The van der Waals surface area contributed by atoms with Crippen LogP contribution in [0.3, 0.4) is 0 Å². The Kier molecular flexibility index (Phi) is 6.27. The summed E-state index contributed by atoms with van der Waals surface area (Å²) < 4.78 is 0. The van der Waals surface area contributed by atoms with Gasteiger partial charge in [-0.1, -0.05) is 86.6 Å². The van der Waals surface area contributed by atoms with Crippen LogP contribution in [-0.2, 0) is 15.1 Å². The van der Waals surface area contributed by atoms with E-state index in [9.17, 15) is 14.4 Å². The molecule has 1 aliphatic rings. The van der Waals surface area contributed by atoms with Crippen LogP contribution in [0.25, 0.3) is 0 Å². The van der Waals surface area contributed by atoms with Crippen molar-refractivity contribution < 1.29 is 14.4 Å². The summed E-state index contributed by atoms with van der Waals surface area (Å²) in [5.74, 6) is -0.483. The van der Waals surface area contributed by atoms with Gasteiger partial charge in [-0.15, -0.1) is 0 Å². The summed E-state index contributed by atoms with van der Waals surface area (Å²) in [7, 11) is 0. The first-order valence-electron chi connectivity index (χ1n) is 11.1. The summed E-state index contributed by atoms with van der Waals surface area (Å²) in [6.45, 7) is 3.90. The molecule has 4 amide bonds. The van der Waals surface area contributed by atoms with E-state index in [1.165, 1.54) is 5.56 Å². The summed E-state index contributed by atoms with van der Waals surface area (Å²) in [6.07, 6.45) is 1.03. The lowest BCUT2D eigenvalue weighted by atomic mass is 9.82. The van der Waals surface area contributed by atoms with Crippen LogP contribution in [0, 0.1) is 0 Å². The van der Waals surface area contributed by atoms with Gasteiger partial charge in [0, 0.05) is 5.69 Å². The van der Waals surface area contributed by atoms with Crippen LogP contribution < -0.4 is 10.6 Å². The van der Waals surface area contributed by atoms with E-state index in [0.717, 1.165) is 11.3 Å². The summed E-state index contributed by atoms with van der Waals surface area (Å²) in [6, 6.07) is 25.2. The molecule has 0 aliphatic carbocycles. The average molecular weight is 442 g/mol. The Hall–Kier alpha value is -3.93. The molecule has 1 fully saturated rings. The molecule has 6 nitrogen and oxygen atoms in total. The smallest absolute Gasteiger partial charge is 0.325 e. The minimum absolute atomic E-state index is 0.376. The molecule has 0 radical (unpaired) electrons. The van der Waals surface area contributed by atoms with Crippen molar-refractivity contribution in [3.05, 3.63) is 102 Å². The van der Waals surface area contributed by atoms with Crippen LogP contribution in [0.4, 0.5) is 10.5 Å². The van der Waals surface area contributed by atoms with Gasteiger partial charge in [-0.3, -0.25) is 14.5 Å². The number of anilines is 1. The predicted octanol–water partition coefficient (Wildman–Crippen LogP) is 4.63. The number of nitrogens with one attached hydrogen (secondary N) is 2. The average Bonchev–Trinajstić information content (AvgIpc) is 3.10. The zero-order chi connectivity index (χ0) is 23.4.